The lowest BCUT2D eigenvalue weighted by Crippen LogP contribution is -2.00. The summed E-state index contributed by atoms with van der Waals surface area (Å²) in [6.45, 7) is 4.75. The second kappa shape index (κ2) is 3.46. The van der Waals surface area contributed by atoms with Gasteiger partial charge in [-0.15, -0.1) is 0 Å². The molecule has 74 valence electrons. The first-order chi connectivity index (χ1) is 6.70. The van der Waals surface area contributed by atoms with Crippen LogP contribution < -0.4 is 0 Å². The van der Waals surface area contributed by atoms with Gasteiger partial charge >= 0.3 is 0 Å². The average molecular weight is 211 g/mol. The van der Waals surface area contributed by atoms with Crippen molar-refractivity contribution in [2.24, 2.45) is 0 Å². The molecule has 0 unspecified atom stereocenters. The molecule has 0 aliphatic heterocycles. The van der Waals surface area contributed by atoms with Crippen LogP contribution in [-0.4, -0.2) is 19.6 Å². The van der Waals surface area contributed by atoms with Gasteiger partial charge in [-0.2, -0.15) is 10.2 Å². The van der Waals surface area contributed by atoms with E-state index in [1.807, 2.05) is 26.1 Å². The van der Waals surface area contributed by atoms with Gasteiger partial charge in [0.1, 0.15) is 5.02 Å². The molecule has 0 bridgehead atoms. The van der Waals surface area contributed by atoms with Crippen LogP contribution in [0.4, 0.5) is 0 Å². The summed E-state index contributed by atoms with van der Waals surface area (Å²) >= 11 is 6.02. The van der Waals surface area contributed by atoms with Crippen LogP contribution in [0.1, 0.15) is 12.6 Å². The van der Waals surface area contributed by atoms with E-state index in [0.29, 0.717) is 10.8 Å². The van der Waals surface area contributed by atoms with Crippen LogP contribution in [0.3, 0.4) is 0 Å². The van der Waals surface area contributed by atoms with Gasteiger partial charge in [0.05, 0.1) is 5.69 Å². The topological polar surface area (TPSA) is 35.6 Å². The second-order valence-corrected chi connectivity index (χ2v) is 3.47. The molecule has 0 saturated heterocycles. The largest absolute Gasteiger partial charge is 0.269 e. The molecule has 0 radical (unpaired) electrons. The summed E-state index contributed by atoms with van der Waals surface area (Å²) in [5.74, 6) is 0.682. The van der Waals surface area contributed by atoms with Crippen molar-refractivity contribution in [3.63, 3.8) is 0 Å². The normalized spacial score (nSPS) is 10.8. The number of nitrogens with zero attached hydrogens (tertiary/aromatic N) is 4. The van der Waals surface area contributed by atoms with Crippen LogP contribution in [0.15, 0.2) is 18.5 Å². The zero-order chi connectivity index (χ0) is 10.1. The minimum atomic E-state index is 0.620. The molecule has 2 heterocycles. The number of hydrogen-bond acceptors (Lipinski definition) is 2. The zero-order valence-corrected chi connectivity index (χ0v) is 8.86. The Labute approximate surface area is 87.1 Å². The van der Waals surface area contributed by atoms with E-state index in [0.717, 1.165) is 12.2 Å². The van der Waals surface area contributed by atoms with Gasteiger partial charge < -0.3 is 0 Å². The van der Waals surface area contributed by atoms with Crippen molar-refractivity contribution in [1.82, 2.24) is 19.6 Å². The van der Waals surface area contributed by atoms with Crippen LogP contribution in [0.5, 0.6) is 0 Å². The Balaban J connectivity index is 2.45. The Morgan fingerprint density at radius 2 is 2.21 bits per heavy atom. The third-order valence-corrected chi connectivity index (χ3v) is 2.23. The van der Waals surface area contributed by atoms with Gasteiger partial charge in [-0.25, -0.2) is 4.68 Å². The number of halogens is 1. The van der Waals surface area contributed by atoms with Crippen molar-refractivity contribution >= 4 is 11.6 Å². The lowest BCUT2D eigenvalue weighted by atomic mass is 10.5. The smallest absolute Gasteiger partial charge is 0.193 e. The molecule has 0 atom stereocenters. The van der Waals surface area contributed by atoms with Gasteiger partial charge in [0, 0.05) is 18.9 Å². The van der Waals surface area contributed by atoms with E-state index in [4.69, 9.17) is 11.6 Å². The molecule has 0 amide bonds. The maximum Gasteiger partial charge on any atom is 0.193 e. The highest BCUT2D eigenvalue weighted by Crippen LogP contribution is 2.17. The molecule has 0 saturated carbocycles. The molecule has 0 N–H and O–H groups in total. The van der Waals surface area contributed by atoms with E-state index < -0.39 is 0 Å². The summed E-state index contributed by atoms with van der Waals surface area (Å²) in [6.07, 6.45) is 3.65. The second-order valence-electron chi connectivity index (χ2n) is 3.06. The van der Waals surface area contributed by atoms with Gasteiger partial charge in [0.15, 0.2) is 5.82 Å². The monoisotopic (exact) mass is 210 g/mol. The van der Waals surface area contributed by atoms with Crippen LogP contribution in [0, 0.1) is 6.92 Å². The zero-order valence-electron chi connectivity index (χ0n) is 8.11. The molecule has 14 heavy (non-hydrogen) atoms. The average Bonchev–Trinajstić information content (AvgIpc) is 2.71. The molecule has 2 rings (SSSR count). The molecule has 0 aliphatic carbocycles. The fourth-order valence-electron chi connectivity index (χ4n) is 1.24. The molecular weight excluding hydrogens is 200 g/mol. The Kier molecular flexibility index (Phi) is 2.29. The van der Waals surface area contributed by atoms with Crippen molar-refractivity contribution in [2.45, 2.75) is 20.4 Å². The fourth-order valence-corrected chi connectivity index (χ4v) is 1.47. The van der Waals surface area contributed by atoms with Gasteiger partial charge in [-0.3, -0.25) is 4.68 Å². The summed E-state index contributed by atoms with van der Waals surface area (Å²) < 4.78 is 3.47. The van der Waals surface area contributed by atoms with E-state index >= 15 is 0 Å². The van der Waals surface area contributed by atoms with Crippen molar-refractivity contribution in [1.29, 1.82) is 0 Å². The maximum atomic E-state index is 6.02. The quantitative estimate of drug-likeness (QED) is 0.761. The molecular formula is C9H11ClN4. The maximum absolute atomic E-state index is 6.02. The van der Waals surface area contributed by atoms with Crippen molar-refractivity contribution < 1.29 is 0 Å². The fraction of sp³-hybridized carbons (Fsp3) is 0.333. The SMILES string of the molecule is CCn1cc(Cl)c(-n2ccc(C)n2)n1. The lowest BCUT2D eigenvalue weighted by molar-refractivity contribution is 0.645. The highest BCUT2D eigenvalue weighted by molar-refractivity contribution is 6.32. The minimum Gasteiger partial charge on any atom is -0.269 e. The van der Waals surface area contributed by atoms with Gasteiger partial charge in [-0.05, 0) is 19.9 Å². The number of hydrogen-bond donors (Lipinski definition) is 0. The number of aryl methyl sites for hydroxylation is 2. The summed E-state index contributed by atoms with van der Waals surface area (Å²) in [7, 11) is 0. The first kappa shape index (κ1) is 9.27. The molecule has 5 heteroatoms. The summed E-state index contributed by atoms with van der Waals surface area (Å²) in [6, 6.07) is 1.92. The molecule has 0 aromatic carbocycles. The third kappa shape index (κ3) is 1.53. The Morgan fingerprint density at radius 1 is 1.43 bits per heavy atom. The number of aromatic nitrogens is 4. The van der Waals surface area contributed by atoms with E-state index in [1.165, 1.54) is 0 Å². The third-order valence-electron chi connectivity index (χ3n) is 1.96. The van der Waals surface area contributed by atoms with Gasteiger partial charge in [0.25, 0.3) is 0 Å². The van der Waals surface area contributed by atoms with Crippen molar-refractivity contribution in [3.05, 3.63) is 29.2 Å². The van der Waals surface area contributed by atoms with Crippen LogP contribution in [0.2, 0.25) is 5.02 Å². The van der Waals surface area contributed by atoms with Crippen molar-refractivity contribution in [2.75, 3.05) is 0 Å². The van der Waals surface area contributed by atoms with E-state index in [9.17, 15) is 0 Å². The molecule has 2 aromatic heterocycles. The predicted octanol–water partition coefficient (Wildman–Crippen LogP) is 2.05. The Morgan fingerprint density at radius 3 is 2.71 bits per heavy atom. The molecule has 4 nitrogen and oxygen atoms in total. The first-order valence-electron chi connectivity index (χ1n) is 4.46. The van der Waals surface area contributed by atoms with Gasteiger partial charge in [0.2, 0.25) is 0 Å². The number of rotatable bonds is 2. The van der Waals surface area contributed by atoms with Crippen LogP contribution in [-0.2, 0) is 6.54 Å². The summed E-state index contributed by atoms with van der Waals surface area (Å²) in [5.41, 5.74) is 0.951. The summed E-state index contributed by atoms with van der Waals surface area (Å²) in [4.78, 5) is 0. The first-order valence-corrected chi connectivity index (χ1v) is 4.84. The summed E-state index contributed by atoms with van der Waals surface area (Å²) in [5, 5.41) is 9.16. The Hall–Kier alpha value is -1.29. The van der Waals surface area contributed by atoms with Crippen LogP contribution in [0.25, 0.3) is 5.82 Å². The van der Waals surface area contributed by atoms with Crippen LogP contribution >= 0.6 is 11.6 Å². The predicted molar refractivity (Wildman–Crippen MR) is 54.8 cm³/mol. The molecule has 0 spiro atoms. The molecule has 0 fully saturated rings. The van der Waals surface area contributed by atoms with Gasteiger partial charge in [-0.1, -0.05) is 11.6 Å². The standard InChI is InChI=1S/C9H11ClN4/c1-3-13-6-8(10)9(12-13)14-5-4-7(2)11-14/h4-6H,3H2,1-2H3. The molecule has 0 aliphatic rings. The Bertz CT molecular complexity index is 443. The highest BCUT2D eigenvalue weighted by atomic mass is 35.5. The van der Waals surface area contributed by atoms with E-state index in [1.54, 1.807) is 15.6 Å². The highest BCUT2D eigenvalue weighted by Gasteiger charge is 2.08. The van der Waals surface area contributed by atoms with E-state index in [2.05, 4.69) is 10.2 Å². The lowest BCUT2D eigenvalue weighted by Gasteiger charge is -1.95. The van der Waals surface area contributed by atoms with E-state index in [-0.39, 0.29) is 0 Å². The minimum absolute atomic E-state index is 0.620. The van der Waals surface area contributed by atoms with Crippen molar-refractivity contribution in [3.8, 4) is 5.82 Å². The molecule has 2 aromatic rings.